The molecule has 1 aromatic rings. The Hall–Kier alpha value is -1.16. The number of aromatic nitrogens is 2. The van der Waals surface area contributed by atoms with E-state index in [0.717, 1.165) is 5.82 Å². The van der Waals surface area contributed by atoms with E-state index < -0.39 is 0 Å². The van der Waals surface area contributed by atoms with Crippen LogP contribution in [0.1, 0.15) is 24.6 Å². The van der Waals surface area contributed by atoms with E-state index in [2.05, 4.69) is 15.4 Å². The van der Waals surface area contributed by atoms with Crippen LogP contribution in [-0.2, 0) is 0 Å². The van der Waals surface area contributed by atoms with E-state index in [4.69, 9.17) is 5.84 Å². The molecule has 0 unspecified atom stereocenters. The largest absolute Gasteiger partial charge is 0.308 e. The molecule has 0 bridgehead atoms. The zero-order valence-electron chi connectivity index (χ0n) is 6.12. The van der Waals surface area contributed by atoms with Gasteiger partial charge in [0.25, 0.3) is 0 Å². The summed E-state index contributed by atoms with van der Waals surface area (Å²) in [5, 5.41) is 0. The second-order valence-corrected chi connectivity index (χ2v) is 2.72. The van der Waals surface area contributed by atoms with Crippen molar-refractivity contribution in [2.75, 3.05) is 5.43 Å². The molecule has 3 N–H and O–H groups in total. The molecule has 1 aliphatic rings. The Bertz CT molecular complexity index is 256. The zero-order chi connectivity index (χ0) is 7.68. The number of hydrogen-bond donors (Lipinski definition) is 2. The summed E-state index contributed by atoms with van der Waals surface area (Å²) < 4.78 is 0. The molecular formula is C7H10N4. The summed E-state index contributed by atoms with van der Waals surface area (Å²) in [5.41, 5.74) is 2.50. The van der Waals surface area contributed by atoms with Crippen molar-refractivity contribution in [3.63, 3.8) is 0 Å². The second-order valence-electron chi connectivity index (χ2n) is 2.72. The van der Waals surface area contributed by atoms with E-state index in [1.165, 1.54) is 12.8 Å². The fourth-order valence-electron chi connectivity index (χ4n) is 0.992. The molecule has 2 rings (SSSR count). The standard InChI is InChI=1S/C7H10N4/c8-11-6-3-4-9-7(10-6)5-1-2-5/h3-5H,1-2,8H2,(H,9,10,11). The van der Waals surface area contributed by atoms with Crippen LogP contribution in [0.5, 0.6) is 0 Å². The first kappa shape index (κ1) is 6.54. The van der Waals surface area contributed by atoms with Crippen LogP contribution < -0.4 is 11.3 Å². The van der Waals surface area contributed by atoms with Crippen LogP contribution in [-0.4, -0.2) is 9.97 Å². The third-order valence-electron chi connectivity index (χ3n) is 1.76. The van der Waals surface area contributed by atoms with Gasteiger partial charge >= 0.3 is 0 Å². The van der Waals surface area contributed by atoms with Gasteiger partial charge in [0.15, 0.2) is 0 Å². The Labute approximate surface area is 64.8 Å². The van der Waals surface area contributed by atoms with Crippen LogP contribution in [0.15, 0.2) is 12.3 Å². The van der Waals surface area contributed by atoms with Crippen molar-refractivity contribution in [1.29, 1.82) is 0 Å². The molecule has 58 valence electrons. The molecule has 0 aliphatic heterocycles. The van der Waals surface area contributed by atoms with Crippen molar-refractivity contribution in [2.45, 2.75) is 18.8 Å². The van der Waals surface area contributed by atoms with Gasteiger partial charge in [-0.3, -0.25) is 0 Å². The predicted molar refractivity (Wildman–Crippen MR) is 41.8 cm³/mol. The van der Waals surface area contributed by atoms with E-state index >= 15 is 0 Å². The molecule has 0 saturated heterocycles. The van der Waals surface area contributed by atoms with Gasteiger partial charge < -0.3 is 5.43 Å². The maximum Gasteiger partial charge on any atom is 0.143 e. The van der Waals surface area contributed by atoms with Crippen molar-refractivity contribution < 1.29 is 0 Å². The highest BCUT2D eigenvalue weighted by atomic mass is 15.3. The fourth-order valence-corrected chi connectivity index (χ4v) is 0.992. The Balaban J connectivity index is 2.26. The second kappa shape index (κ2) is 2.47. The van der Waals surface area contributed by atoms with Crippen LogP contribution in [0.3, 0.4) is 0 Å². The van der Waals surface area contributed by atoms with Gasteiger partial charge in [-0.25, -0.2) is 15.8 Å². The van der Waals surface area contributed by atoms with Gasteiger partial charge in [-0.05, 0) is 12.8 Å². The first-order valence-electron chi connectivity index (χ1n) is 3.69. The normalized spacial score (nSPS) is 16.5. The van der Waals surface area contributed by atoms with Crippen molar-refractivity contribution >= 4 is 5.82 Å². The Morgan fingerprint density at radius 1 is 1.55 bits per heavy atom. The van der Waals surface area contributed by atoms with Gasteiger partial charge in [-0.2, -0.15) is 0 Å². The van der Waals surface area contributed by atoms with Crippen LogP contribution in [0.25, 0.3) is 0 Å². The lowest BCUT2D eigenvalue weighted by Crippen LogP contribution is -2.09. The maximum absolute atomic E-state index is 5.20. The average molecular weight is 150 g/mol. The number of nitrogens with two attached hydrogens (primary N) is 1. The van der Waals surface area contributed by atoms with Gasteiger partial charge in [-0.1, -0.05) is 0 Å². The number of hydrogen-bond acceptors (Lipinski definition) is 4. The Morgan fingerprint density at radius 3 is 3.00 bits per heavy atom. The third kappa shape index (κ3) is 1.30. The van der Waals surface area contributed by atoms with Gasteiger partial charge in [-0.15, -0.1) is 0 Å². The molecule has 0 spiro atoms. The SMILES string of the molecule is NNc1ccnc(C2CC2)n1. The van der Waals surface area contributed by atoms with E-state index in [0.29, 0.717) is 11.7 Å². The van der Waals surface area contributed by atoms with E-state index in [1.54, 1.807) is 12.3 Å². The molecule has 1 saturated carbocycles. The predicted octanol–water partition coefficient (Wildman–Crippen LogP) is 0.640. The minimum atomic E-state index is 0.586. The molecule has 1 aliphatic carbocycles. The molecule has 0 amide bonds. The smallest absolute Gasteiger partial charge is 0.143 e. The molecule has 1 aromatic heterocycles. The molecule has 4 nitrogen and oxygen atoms in total. The maximum atomic E-state index is 5.20. The zero-order valence-corrected chi connectivity index (χ0v) is 6.12. The van der Waals surface area contributed by atoms with Crippen molar-refractivity contribution in [3.05, 3.63) is 18.1 Å². The number of hydrazine groups is 1. The quantitative estimate of drug-likeness (QED) is 0.479. The summed E-state index contributed by atoms with van der Waals surface area (Å²) in [5.74, 6) is 7.40. The molecule has 1 heterocycles. The van der Waals surface area contributed by atoms with Crippen molar-refractivity contribution in [1.82, 2.24) is 9.97 Å². The highest BCUT2D eigenvalue weighted by Crippen LogP contribution is 2.37. The lowest BCUT2D eigenvalue weighted by molar-refractivity contribution is 0.925. The number of nitrogens with zero attached hydrogens (tertiary/aromatic N) is 2. The first-order valence-corrected chi connectivity index (χ1v) is 3.69. The molecule has 0 atom stereocenters. The van der Waals surface area contributed by atoms with Gasteiger partial charge in [0, 0.05) is 18.2 Å². The van der Waals surface area contributed by atoms with Crippen molar-refractivity contribution in [2.24, 2.45) is 5.84 Å². The van der Waals surface area contributed by atoms with Gasteiger partial charge in [0.2, 0.25) is 0 Å². The minimum absolute atomic E-state index is 0.586. The first-order chi connectivity index (χ1) is 5.40. The van der Waals surface area contributed by atoms with E-state index in [-0.39, 0.29) is 0 Å². The third-order valence-corrected chi connectivity index (χ3v) is 1.76. The summed E-state index contributed by atoms with van der Waals surface area (Å²) in [6.07, 6.45) is 4.16. The van der Waals surface area contributed by atoms with Crippen molar-refractivity contribution in [3.8, 4) is 0 Å². The fraction of sp³-hybridized carbons (Fsp3) is 0.429. The number of nitrogens with one attached hydrogen (secondary N) is 1. The minimum Gasteiger partial charge on any atom is -0.308 e. The molecule has 0 aromatic carbocycles. The lowest BCUT2D eigenvalue weighted by Gasteiger charge is -1.99. The van der Waals surface area contributed by atoms with Crippen LogP contribution in [0.2, 0.25) is 0 Å². The highest BCUT2D eigenvalue weighted by molar-refractivity contribution is 5.31. The summed E-state index contributed by atoms with van der Waals surface area (Å²) in [4.78, 5) is 8.35. The molecule has 1 fully saturated rings. The number of nitrogen functional groups attached to an aromatic ring is 1. The monoisotopic (exact) mass is 150 g/mol. The summed E-state index contributed by atoms with van der Waals surface area (Å²) in [7, 11) is 0. The topological polar surface area (TPSA) is 63.8 Å². The Kier molecular flexibility index (Phi) is 1.47. The summed E-state index contributed by atoms with van der Waals surface area (Å²) >= 11 is 0. The van der Waals surface area contributed by atoms with E-state index in [9.17, 15) is 0 Å². The molecule has 11 heavy (non-hydrogen) atoms. The van der Waals surface area contributed by atoms with Crippen LogP contribution in [0, 0.1) is 0 Å². The molecule has 4 heteroatoms. The number of anilines is 1. The summed E-state index contributed by atoms with van der Waals surface area (Å²) in [6, 6.07) is 1.76. The van der Waals surface area contributed by atoms with E-state index in [1.807, 2.05) is 0 Å². The molecule has 0 radical (unpaired) electrons. The number of rotatable bonds is 2. The average Bonchev–Trinajstić information content (AvgIpc) is 2.87. The van der Waals surface area contributed by atoms with Crippen LogP contribution >= 0.6 is 0 Å². The summed E-state index contributed by atoms with van der Waals surface area (Å²) in [6.45, 7) is 0. The van der Waals surface area contributed by atoms with Crippen LogP contribution in [0.4, 0.5) is 5.82 Å². The van der Waals surface area contributed by atoms with Gasteiger partial charge in [0.1, 0.15) is 11.6 Å². The van der Waals surface area contributed by atoms with Gasteiger partial charge in [0.05, 0.1) is 0 Å². The Morgan fingerprint density at radius 2 is 2.36 bits per heavy atom. The molecular weight excluding hydrogens is 140 g/mol. The highest BCUT2D eigenvalue weighted by Gasteiger charge is 2.26. The lowest BCUT2D eigenvalue weighted by atomic mass is 10.4.